The van der Waals surface area contributed by atoms with Crippen LogP contribution in [0, 0.1) is 13.8 Å². The molecule has 2 aromatic heterocycles. The van der Waals surface area contributed by atoms with E-state index in [2.05, 4.69) is 50.9 Å². The van der Waals surface area contributed by atoms with E-state index in [1.165, 1.54) is 17.3 Å². The fourth-order valence-electron chi connectivity index (χ4n) is 3.71. The van der Waals surface area contributed by atoms with Crippen molar-refractivity contribution in [3.05, 3.63) is 83.2 Å². The first kappa shape index (κ1) is 21.9. The number of carbonyl (C=O) groups excluding carboxylic acids is 1. The van der Waals surface area contributed by atoms with Crippen LogP contribution in [0.15, 0.2) is 65.8 Å². The summed E-state index contributed by atoms with van der Waals surface area (Å²) in [5, 5.41) is 7.75. The van der Waals surface area contributed by atoms with E-state index in [1.807, 2.05) is 43.3 Å². The van der Waals surface area contributed by atoms with Crippen LogP contribution in [0.3, 0.4) is 0 Å². The van der Waals surface area contributed by atoms with Crippen LogP contribution in [0.25, 0.3) is 11.4 Å². The standard InChI is InChI=1S/C25H26N4O2S/c1-17-15-22(18(2)29(17)14-13-19-7-5-4-6-8-19)23(30)16-32-25-26-24(27-28-25)20-9-11-21(31-3)12-10-20/h4-12,15H,13-14,16H2,1-3H3,(H,26,27,28). The summed E-state index contributed by atoms with van der Waals surface area (Å²) in [6.07, 6.45) is 0.935. The Morgan fingerprint density at radius 2 is 1.84 bits per heavy atom. The lowest BCUT2D eigenvalue weighted by atomic mass is 10.1. The summed E-state index contributed by atoms with van der Waals surface area (Å²) < 4.78 is 7.41. The number of thioether (sulfide) groups is 1. The first-order valence-electron chi connectivity index (χ1n) is 10.5. The smallest absolute Gasteiger partial charge is 0.209 e. The Hall–Kier alpha value is -3.32. The third kappa shape index (κ3) is 4.94. The number of nitrogens with zero attached hydrogens (tertiary/aromatic N) is 3. The van der Waals surface area contributed by atoms with Gasteiger partial charge in [0.1, 0.15) is 5.75 Å². The molecule has 164 valence electrons. The molecule has 2 heterocycles. The van der Waals surface area contributed by atoms with Gasteiger partial charge in [0.15, 0.2) is 11.6 Å². The third-order valence-electron chi connectivity index (χ3n) is 5.50. The van der Waals surface area contributed by atoms with Gasteiger partial charge in [-0.1, -0.05) is 42.1 Å². The van der Waals surface area contributed by atoms with E-state index in [0.717, 1.165) is 41.2 Å². The minimum Gasteiger partial charge on any atom is -0.497 e. The normalized spacial score (nSPS) is 11.0. The van der Waals surface area contributed by atoms with E-state index in [1.54, 1.807) is 7.11 Å². The lowest BCUT2D eigenvalue weighted by Gasteiger charge is -2.10. The Morgan fingerprint density at radius 3 is 2.56 bits per heavy atom. The number of methoxy groups -OCH3 is 1. The van der Waals surface area contributed by atoms with Crippen molar-refractivity contribution in [3.63, 3.8) is 0 Å². The van der Waals surface area contributed by atoms with E-state index in [4.69, 9.17) is 4.74 Å². The van der Waals surface area contributed by atoms with Crippen molar-refractivity contribution in [2.75, 3.05) is 12.9 Å². The minimum absolute atomic E-state index is 0.0878. The number of carbonyl (C=O) groups is 1. The molecule has 2 aromatic carbocycles. The summed E-state index contributed by atoms with van der Waals surface area (Å²) in [6, 6.07) is 20.0. The summed E-state index contributed by atoms with van der Waals surface area (Å²) >= 11 is 1.34. The quantitative estimate of drug-likeness (QED) is 0.285. The number of aromatic amines is 1. The van der Waals surface area contributed by atoms with Crippen LogP contribution in [-0.2, 0) is 13.0 Å². The van der Waals surface area contributed by atoms with Crippen molar-refractivity contribution in [3.8, 4) is 17.1 Å². The predicted molar refractivity (Wildman–Crippen MR) is 127 cm³/mol. The number of benzene rings is 2. The first-order valence-corrected chi connectivity index (χ1v) is 11.5. The van der Waals surface area contributed by atoms with Crippen LogP contribution in [0.2, 0.25) is 0 Å². The zero-order valence-electron chi connectivity index (χ0n) is 18.5. The minimum atomic E-state index is 0.0878. The molecule has 0 atom stereocenters. The molecule has 0 aliphatic heterocycles. The number of hydrogen-bond donors (Lipinski definition) is 1. The molecule has 32 heavy (non-hydrogen) atoms. The highest BCUT2D eigenvalue weighted by Crippen LogP contribution is 2.23. The molecule has 7 heteroatoms. The lowest BCUT2D eigenvalue weighted by Crippen LogP contribution is -2.08. The van der Waals surface area contributed by atoms with E-state index in [-0.39, 0.29) is 5.78 Å². The average molecular weight is 447 g/mol. The summed E-state index contributed by atoms with van der Waals surface area (Å²) in [5.41, 5.74) is 5.09. The number of aryl methyl sites for hydroxylation is 2. The molecule has 4 rings (SSSR count). The second kappa shape index (κ2) is 9.87. The Labute approximate surface area is 192 Å². The second-order valence-electron chi connectivity index (χ2n) is 7.58. The highest BCUT2D eigenvalue weighted by Gasteiger charge is 2.17. The molecule has 0 unspecified atom stereocenters. The van der Waals surface area contributed by atoms with Crippen LogP contribution in [0.4, 0.5) is 0 Å². The van der Waals surface area contributed by atoms with Gasteiger partial charge in [0, 0.05) is 29.1 Å². The molecule has 0 radical (unpaired) electrons. The van der Waals surface area contributed by atoms with Gasteiger partial charge in [0.2, 0.25) is 5.16 Å². The number of rotatable bonds is 9. The van der Waals surface area contributed by atoms with Gasteiger partial charge >= 0.3 is 0 Å². The maximum Gasteiger partial charge on any atom is 0.209 e. The van der Waals surface area contributed by atoms with Crippen molar-refractivity contribution < 1.29 is 9.53 Å². The fourth-order valence-corrected chi connectivity index (χ4v) is 4.39. The second-order valence-corrected chi connectivity index (χ2v) is 8.52. The van der Waals surface area contributed by atoms with Gasteiger partial charge in [-0.05, 0) is 56.2 Å². The number of ketones is 1. The van der Waals surface area contributed by atoms with Gasteiger partial charge in [-0.2, -0.15) is 0 Å². The molecule has 0 amide bonds. The van der Waals surface area contributed by atoms with Crippen molar-refractivity contribution in [1.29, 1.82) is 0 Å². The molecule has 1 N–H and O–H groups in total. The van der Waals surface area contributed by atoms with Crippen molar-refractivity contribution >= 4 is 17.5 Å². The number of Topliss-reactive ketones (excluding diaryl/α,β-unsaturated/α-hetero) is 1. The van der Waals surface area contributed by atoms with Crippen molar-refractivity contribution in [1.82, 2.24) is 19.7 Å². The van der Waals surface area contributed by atoms with Gasteiger partial charge in [-0.25, -0.2) is 4.98 Å². The van der Waals surface area contributed by atoms with Gasteiger partial charge in [0.05, 0.1) is 12.9 Å². The maximum absolute atomic E-state index is 12.9. The largest absolute Gasteiger partial charge is 0.497 e. The van der Waals surface area contributed by atoms with Crippen LogP contribution < -0.4 is 4.74 Å². The summed E-state index contributed by atoms with van der Waals surface area (Å²) in [4.78, 5) is 17.4. The third-order valence-corrected chi connectivity index (χ3v) is 6.35. The van der Waals surface area contributed by atoms with Gasteiger partial charge in [-0.3, -0.25) is 9.89 Å². The van der Waals surface area contributed by atoms with Crippen LogP contribution >= 0.6 is 11.8 Å². The molecule has 0 spiro atoms. The van der Waals surface area contributed by atoms with Crippen molar-refractivity contribution in [2.24, 2.45) is 0 Å². The van der Waals surface area contributed by atoms with E-state index >= 15 is 0 Å². The first-order chi connectivity index (χ1) is 15.5. The Bertz CT molecular complexity index is 1200. The number of hydrogen-bond acceptors (Lipinski definition) is 5. The zero-order valence-corrected chi connectivity index (χ0v) is 19.3. The fraction of sp³-hybridized carbons (Fsp3) is 0.240. The molecular weight excluding hydrogens is 420 g/mol. The molecular formula is C25H26N4O2S. The molecule has 6 nitrogen and oxygen atoms in total. The number of H-pyrrole nitrogens is 1. The Kier molecular flexibility index (Phi) is 6.75. The van der Waals surface area contributed by atoms with E-state index in [9.17, 15) is 4.79 Å². The van der Waals surface area contributed by atoms with E-state index in [0.29, 0.717) is 16.7 Å². The SMILES string of the molecule is COc1ccc(-c2nc(SCC(=O)c3cc(C)n(CCc4ccccc4)c3C)n[nH]2)cc1. The maximum atomic E-state index is 12.9. The van der Waals surface area contributed by atoms with Gasteiger partial charge < -0.3 is 9.30 Å². The topological polar surface area (TPSA) is 72.8 Å². The summed E-state index contributed by atoms with van der Waals surface area (Å²) in [6.45, 7) is 4.93. The molecule has 0 saturated heterocycles. The monoisotopic (exact) mass is 446 g/mol. The van der Waals surface area contributed by atoms with Gasteiger partial charge in [-0.15, -0.1) is 5.10 Å². The Morgan fingerprint density at radius 1 is 1.09 bits per heavy atom. The zero-order chi connectivity index (χ0) is 22.5. The molecule has 0 saturated carbocycles. The molecule has 4 aromatic rings. The van der Waals surface area contributed by atoms with E-state index < -0.39 is 0 Å². The molecule has 0 bridgehead atoms. The average Bonchev–Trinajstić information content (AvgIpc) is 3.41. The Balaban J connectivity index is 1.38. The predicted octanol–water partition coefficient (Wildman–Crippen LogP) is 5.12. The lowest BCUT2D eigenvalue weighted by molar-refractivity contribution is 0.102. The van der Waals surface area contributed by atoms with Crippen LogP contribution in [-0.4, -0.2) is 38.4 Å². The number of aromatic nitrogens is 4. The van der Waals surface area contributed by atoms with Crippen molar-refractivity contribution in [2.45, 2.75) is 32.0 Å². The van der Waals surface area contributed by atoms with Gasteiger partial charge in [0.25, 0.3) is 0 Å². The van der Waals surface area contributed by atoms with Crippen LogP contribution in [0.1, 0.15) is 27.3 Å². The summed E-state index contributed by atoms with van der Waals surface area (Å²) in [5.74, 6) is 1.84. The molecule has 0 fully saturated rings. The highest BCUT2D eigenvalue weighted by atomic mass is 32.2. The molecule has 0 aliphatic carbocycles. The number of ether oxygens (including phenoxy) is 1. The summed E-state index contributed by atoms with van der Waals surface area (Å²) in [7, 11) is 1.63. The number of nitrogens with one attached hydrogen (secondary N) is 1. The van der Waals surface area contributed by atoms with Crippen LogP contribution in [0.5, 0.6) is 5.75 Å². The highest BCUT2D eigenvalue weighted by molar-refractivity contribution is 7.99. The molecule has 0 aliphatic rings.